The molecule has 0 aliphatic carbocycles. The molecule has 108 valence electrons. The van der Waals surface area contributed by atoms with Crippen LogP contribution < -0.4 is 10.6 Å². The van der Waals surface area contributed by atoms with Gasteiger partial charge in [-0.3, -0.25) is 0 Å². The summed E-state index contributed by atoms with van der Waals surface area (Å²) in [5, 5.41) is 22.7. The average molecular weight is 343 g/mol. The number of hydrogen-bond acceptors (Lipinski definition) is 8. The molecule has 3 rings (SSSR count). The van der Waals surface area contributed by atoms with E-state index in [0.29, 0.717) is 15.3 Å². The van der Waals surface area contributed by atoms with Crippen molar-refractivity contribution in [3.05, 3.63) is 45.6 Å². The zero-order chi connectivity index (χ0) is 14.7. The van der Waals surface area contributed by atoms with E-state index in [-0.39, 0.29) is 5.56 Å². The molecule has 0 amide bonds. The molecule has 0 aliphatic heterocycles. The second kappa shape index (κ2) is 6.29. The summed E-state index contributed by atoms with van der Waals surface area (Å²) in [5.74, 6) is -0.429. The molecule has 2 heterocycles. The van der Waals surface area contributed by atoms with Crippen LogP contribution in [0, 0.1) is 5.82 Å². The topological polar surface area (TPSA) is 75.6 Å². The second-order valence-electron chi connectivity index (χ2n) is 3.84. The highest BCUT2D eigenvalue weighted by molar-refractivity contribution is 7.13. The van der Waals surface area contributed by atoms with Gasteiger partial charge in [0.05, 0.1) is 5.02 Å². The molecule has 0 fully saturated rings. The van der Waals surface area contributed by atoms with E-state index in [9.17, 15) is 4.39 Å². The van der Waals surface area contributed by atoms with E-state index in [1.54, 1.807) is 23.2 Å². The fraction of sp³-hybridized carbons (Fsp3) is 0.0909. The summed E-state index contributed by atoms with van der Waals surface area (Å²) >= 11 is 8.72. The molecule has 2 aromatic heterocycles. The van der Waals surface area contributed by atoms with Gasteiger partial charge in [0.15, 0.2) is 0 Å². The average Bonchev–Trinajstić information content (AvgIpc) is 3.12. The Morgan fingerprint density at radius 3 is 2.14 bits per heavy atom. The summed E-state index contributed by atoms with van der Waals surface area (Å²) in [6.07, 6.45) is -0.639. The van der Waals surface area contributed by atoms with E-state index < -0.39 is 12.0 Å². The van der Waals surface area contributed by atoms with E-state index in [2.05, 4.69) is 31.0 Å². The van der Waals surface area contributed by atoms with Crippen molar-refractivity contribution in [3.63, 3.8) is 0 Å². The molecule has 3 aromatic rings. The van der Waals surface area contributed by atoms with Gasteiger partial charge in [-0.1, -0.05) is 40.3 Å². The first-order valence-corrected chi connectivity index (χ1v) is 7.87. The fourth-order valence-corrected chi connectivity index (χ4v) is 2.91. The Morgan fingerprint density at radius 2 is 1.67 bits per heavy atom. The lowest BCUT2D eigenvalue weighted by molar-refractivity contribution is 0.602. The van der Waals surface area contributed by atoms with E-state index in [1.165, 1.54) is 28.7 Å². The van der Waals surface area contributed by atoms with E-state index in [4.69, 9.17) is 11.6 Å². The SMILES string of the molecule is Fc1cccc(Cl)c1C(Nc1nncs1)Nc1nncs1. The lowest BCUT2D eigenvalue weighted by atomic mass is 10.1. The van der Waals surface area contributed by atoms with Crippen LogP contribution in [-0.4, -0.2) is 20.4 Å². The maximum Gasteiger partial charge on any atom is 0.207 e. The van der Waals surface area contributed by atoms with Crippen LogP contribution in [0.4, 0.5) is 14.7 Å². The maximum absolute atomic E-state index is 14.1. The second-order valence-corrected chi connectivity index (χ2v) is 5.92. The number of halogens is 2. The van der Waals surface area contributed by atoms with Crippen LogP contribution in [0.5, 0.6) is 0 Å². The van der Waals surface area contributed by atoms with Crippen LogP contribution in [0.25, 0.3) is 0 Å². The summed E-state index contributed by atoms with van der Waals surface area (Å²) in [5.41, 5.74) is 3.44. The highest BCUT2D eigenvalue weighted by atomic mass is 35.5. The Labute approximate surface area is 132 Å². The third kappa shape index (κ3) is 3.26. The number of hydrogen-bond donors (Lipinski definition) is 2. The van der Waals surface area contributed by atoms with Gasteiger partial charge in [0.25, 0.3) is 0 Å². The van der Waals surface area contributed by atoms with Gasteiger partial charge >= 0.3 is 0 Å². The first kappa shape index (κ1) is 14.1. The minimum absolute atomic E-state index is 0.282. The van der Waals surface area contributed by atoms with Crippen LogP contribution in [0.3, 0.4) is 0 Å². The van der Waals surface area contributed by atoms with Crippen molar-refractivity contribution in [2.24, 2.45) is 0 Å². The van der Waals surface area contributed by atoms with Crippen molar-refractivity contribution in [2.75, 3.05) is 10.6 Å². The minimum atomic E-state index is -0.639. The van der Waals surface area contributed by atoms with Gasteiger partial charge in [-0.15, -0.1) is 20.4 Å². The van der Waals surface area contributed by atoms with Gasteiger partial charge < -0.3 is 10.6 Å². The van der Waals surface area contributed by atoms with Crippen molar-refractivity contribution in [2.45, 2.75) is 6.17 Å². The Morgan fingerprint density at radius 1 is 1.05 bits per heavy atom. The molecule has 0 spiro atoms. The lowest BCUT2D eigenvalue weighted by Crippen LogP contribution is -2.21. The van der Waals surface area contributed by atoms with Crippen molar-refractivity contribution >= 4 is 44.5 Å². The third-order valence-corrected chi connectivity index (χ3v) is 4.12. The Kier molecular flexibility index (Phi) is 4.23. The van der Waals surface area contributed by atoms with E-state index in [1.807, 2.05) is 0 Å². The van der Waals surface area contributed by atoms with Crippen molar-refractivity contribution in [1.29, 1.82) is 0 Å². The van der Waals surface area contributed by atoms with Crippen molar-refractivity contribution < 1.29 is 4.39 Å². The van der Waals surface area contributed by atoms with Gasteiger partial charge in [-0.25, -0.2) is 4.39 Å². The standard InChI is InChI=1S/C11H8ClFN6S2/c12-6-2-1-3-7(13)8(6)9(16-10-18-14-4-20-10)17-11-19-15-5-21-11/h1-5,9H,(H,16,18)(H,17,19). The van der Waals surface area contributed by atoms with Gasteiger partial charge in [0.1, 0.15) is 23.0 Å². The van der Waals surface area contributed by atoms with Gasteiger partial charge in [-0.2, -0.15) is 0 Å². The van der Waals surface area contributed by atoms with Gasteiger partial charge in [0, 0.05) is 5.56 Å². The minimum Gasteiger partial charge on any atom is -0.336 e. The molecule has 2 N–H and O–H groups in total. The van der Waals surface area contributed by atoms with Crippen LogP contribution in [0.2, 0.25) is 5.02 Å². The highest BCUT2D eigenvalue weighted by Crippen LogP contribution is 2.30. The van der Waals surface area contributed by atoms with E-state index in [0.717, 1.165) is 0 Å². The molecule has 1 aromatic carbocycles. The van der Waals surface area contributed by atoms with E-state index >= 15 is 0 Å². The largest absolute Gasteiger partial charge is 0.336 e. The molecule has 0 atom stereocenters. The molecule has 21 heavy (non-hydrogen) atoms. The summed E-state index contributed by atoms with van der Waals surface area (Å²) in [7, 11) is 0. The Balaban J connectivity index is 1.94. The smallest absolute Gasteiger partial charge is 0.207 e. The Bertz CT molecular complexity index is 649. The van der Waals surface area contributed by atoms with Crippen LogP contribution in [0.1, 0.15) is 11.7 Å². The number of anilines is 2. The number of nitrogens with one attached hydrogen (secondary N) is 2. The molecular formula is C11H8ClFN6S2. The highest BCUT2D eigenvalue weighted by Gasteiger charge is 2.21. The molecular weight excluding hydrogens is 335 g/mol. The molecule has 0 saturated heterocycles. The number of aromatic nitrogens is 4. The number of benzene rings is 1. The number of rotatable bonds is 5. The molecule has 6 nitrogen and oxygen atoms in total. The maximum atomic E-state index is 14.1. The molecule has 0 radical (unpaired) electrons. The molecule has 10 heteroatoms. The molecule has 0 aliphatic rings. The number of nitrogens with zero attached hydrogens (tertiary/aromatic N) is 4. The van der Waals surface area contributed by atoms with Crippen LogP contribution in [-0.2, 0) is 0 Å². The monoisotopic (exact) mass is 342 g/mol. The Hall–Kier alpha value is -1.84. The first-order chi connectivity index (χ1) is 10.2. The third-order valence-electron chi connectivity index (χ3n) is 2.54. The fourth-order valence-electron chi connectivity index (χ4n) is 1.69. The predicted octanol–water partition coefficient (Wildman–Crippen LogP) is 3.40. The molecule has 0 saturated carbocycles. The van der Waals surface area contributed by atoms with Crippen molar-refractivity contribution in [1.82, 2.24) is 20.4 Å². The summed E-state index contributed by atoms with van der Waals surface area (Å²) in [4.78, 5) is 0. The summed E-state index contributed by atoms with van der Waals surface area (Å²) in [6.45, 7) is 0. The van der Waals surface area contributed by atoms with Crippen molar-refractivity contribution in [3.8, 4) is 0 Å². The quantitative estimate of drug-likeness (QED) is 0.692. The zero-order valence-electron chi connectivity index (χ0n) is 10.3. The first-order valence-electron chi connectivity index (χ1n) is 5.73. The van der Waals surface area contributed by atoms with Crippen LogP contribution >= 0.6 is 34.3 Å². The molecule has 0 unspecified atom stereocenters. The molecule has 0 bridgehead atoms. The summed E-state index contributed by atoms with van der Waals surface area (Å²) in [6, 6.07) is 4.52. The van der Waals surface area contributed by atoms with Gasteiger partial charge in [0.2, 0.25) is 10.3 Å². The lowest BCUT2D eigenvalue weighted by Gasteiger charge is -2.20. The van der Waals surface area contributed by atoms with Gasteiger partial charge in [-0.05, 0) is 12.1 Å². The van der Waals surface area contributed by atoms with Crippen LogP contribution in [0.15, 0.2) is 29.2 Å². The predicted molar refractivity (Wildman–Crippen MR) is 81.2 cm³/mol. The zero-order valence-corrected chi connectivity index (χ0v) is 12.7. The summed E-state index contributed by atoms with van der Waals surface area (Å²) < 4.78 is 14.1. The normalized spacial score (nSPS) is 10.8.